The molecule has 1 heterocycles. The molecular formula is C14H15ClN2OS. The van der Waals surface area contributed by atoms with Crippen LogP contribution in [0.3, 0.4) is 0 Å². The van der Waals surface area contributed by atoms with Gasteiger partial charge in [0.25, 0.3) is 0 Å². The fourth-order valence-corrected chi connectivity index (χ4v) is 2.57. The minimum atomic E-state index is -0.0840. The van der Waals surface area contributed by atoms with E-state index >= 15 is 0 Å². The van der Waals surface area contributed by atoms with Gasteiger partial charge in [-0.3, -0.25) is 10.2 Å². The Labute approximate surface area is 121 Å². The summed E-state index contributed by atoms with van der Waals surface area (Å²) in [7, 11) is 0. The molecule has 0 aliphatic carbocycles. The fourth-order valence-electron chi connectivity index (χ4n) is 1.66. The lowest BCUT2D eigenvalue weighted by molar-refractivity contribution is -0.121. The summed E-state index contributed by atoms with van der Waals surface area (Å²) in [5.74, 6) is -0.0840. The molecule has 3 nitrogen and oxygen atoms in total. The van der Waals surface area contributed by atoms with Crippen molar-refractivity contribution in [2.75, 3.05) is 6.54 Å². The number of halogens is 1. The quantitative estimate of drug-likeness (QED) is 0.635. The first kappa shape index (κ1) is 14.1. The lowest BCUT2D eigenvalue weighted by Gasteiger charge is -2.07. The van der Waals surface area contributed by atoms with E-state index < -0.39 is 0 Å². The van der Waals surface area contributed by atoms with Crippen molar-refractivity contribution in [3.8, 4) is 0 Å². The zero-order valence-corrected chi connectivity index (χ0v) is 11.9. The van der Waals surface area contributed by atoms with Crippen LogP contribution in [-0.4, -0.2) is 12.5 Å². The Hall–Kier alpha value is -1.36. The third-order valence-corrected chi connectivity index (χ3v) is 3.92. The largest absolute Gasteiger partial charge is 0.291 e. The average molecular weight is 295 g/mol. The number of nitrogens with one attached hydrogen (secondary N) is 2. The van der Waals surface area contributed by atoms with Gasteiger partial charge in [-0.1, -0.05) is 35.9 Å². The Kier molecular flexibility index (Phi) is 5.39. The van der Waals surface area contributed by atoms with Gasteiger partial charge >= 0.3 is 0 Å². The molecule has 0 aliphatic rings. The van der Waals surface area contributed by atoms with E-state index in [0.717, 1.165) is 18.5 Å². The van der Waals surface area contributed by atoms with Crippen LogP contribution in [0.25, 0.3) is 0 Å². The Morgan fingerprint density at radius 2 is 2.05 bits per heavy atom. The molecule has 0 radical (unpaired) electrons. The van der Waals surface area contributed by atoms with Gasteiger partial charge in [0, 0.05) is 16.4 Å². The molecule has 2 aromatic rings. The van der Waals surface area contributed by atoms with Gasteiger partial charge in [-0.2, -0.15) is 0 Å². The molecule has 2 N–H and O–H groups in total. The van der Waals surface area contributed by atoms with Crippen LogP contribution in [-0.2, 0) is 17.6 Å². The first-order chi connectivity index (χ1) is 9.25. The molecule has 1 aromatic carbocycles. The van der Waals surface area contributed by atoms with Crippen molar-refractivity contribution < 1.29 is 4.79 Å². The molecule has 1 amide bonds. The molecule has 0 unspecified atom stereocenters. The summed E-state index contributed by atoms with van der Waals surface area (Å²) in [6.45, 7) is 0.717. The molecule has 0 saturated heterocycles. The van der Waals surface area contributed by atoms with Gasteiger partial charge < -0.3 is 0 Å². The summed E-state index contributed by atoms with van der Waals surface area (Å²) in [5, 5.41) is 2.67. The Bertz CT molecular complexity index is 528. The van der Waals surface area contributed by atoms with Crippen LogP contribution in [0.1, 0.15) is 10.4 Å². The minimum Gasteiger partial charge on any atom is -0.291 e. The van der Waals surface area contributed by atoms with E-state index in [1.54, 1.807) is 17.4 Å². The summed E-state index contributed by atoms with van der Waals surface area (Å²) in [5.41, 5.74) is 6.44. The zero-order chi connectivity index (χ0) is 13.5. The predicted molar refractivity (Wildman–Crippen MR) is 79.3 cm³/mol. The maximum Gasteiger partial charge on any atom is 0.238 e. The lowest BCUT2D eigenvalue weighted by Crippen LogP contribution is -2.39. The van der Waals surface area contributed by atoms with Crippen molar-refractivity contribution in [2.45, 2.75) is 12.8 Å². The van der Waals surface area contributed by atoms with Gasteiger partial charge in [-0.05, 0) is 29.5 Å². The van der Waals surface area contributed by atoms with Gasteiger partial charge in [0.15, 0.2) is 0 Å². The lowest BCUT2D eigenvalue weighted by atomic mass is 10.1. The van der Waals surface area contributed by atoms with Crippen LogP contribution in [0.5, 0.6) is 0 Å². The third-order valence-electron chi connectivity index (χ3n) is 2.61. The van der Waals surface area contributed by atoms with Crippen LogP contribution in [0.4, 0.5) is 0 Å². The van der Waals surface area contributed by atoms with Gasteiger partial charge in [0.1, 0.15) is 0 Å². The maximum absolute atomic E-state index is 11.7. The number of hydrogen-bond donors (Lipinski definition) is 2. The monoisotopic (exact) mass is 294 g/mol. The van der Waals surface area contributed by atoms with Crippen molar-refractivity contribution in [3.05, 3.63) is 57.2 Å². The smallest absolute Gasteiger partial charge is 0.238 e. The van der Waals surface area contributed by atoms with E-state index in [1.807, 2.05) is 29.6 Å². The highest BCUT2D eigenvalue weighted by Gasteiger charge is 2.05. The first-order valence-corrected chi connectivity index (χ1v) is 7.29. The first-order valence-electron chi connectivity index (χ1n) is 6.03. The van der Waals surface area contributed by atoms with Gasteiger partial charge in [-0.25, -0.2) is 5.43 Å². The topological polar surface area (TPSA) is 41.1 Å². The van der Waals surface area contributed by atoms with Crippen molar-refractivity contribution in [1.29, 1.82) is 0 Å². The number of thiophene rings is 1. The highest BCUT2D eigenvalue weighted by atomic mass is 35.5. The fraction of sp³-hybridized carbons (Fsp3) is 0.214. The number of carbonyl (C=O) groups excluding carboxylic acids is 1. The number of benzene rings is 1. The van der Waals surface area contributed by atoms with E-state index in [1.165, 1.54) is 4.88 Å². The second-order valence-corrected chi connectivity index (χ2v) is 5.51. The van der Waals surface area contributed by atoms with Gasteiger partial charge in [-0.15, -0.1) is 11.3 Å². The van der Waals surface area contributed by atoms with Gasteiger partial charge in [0.2, 0.25) is 5.91 Å². The molecule has 5 heteroatoms. The normalized spacial score (nSPS) is 10.4. The predicted octanol–water partition coefficient (Wildman–Crippen LogP) is 2.81. The van der Waals surface area contributed by atoms with Crippen LogP contribution in [0, 0.1) is 0 Å². The molecule has 1 aromatic heterocycles. The summed E-state index contributed by atoms with van der Waals surface area (Å²) in [4.78, 5) is 13.0. The van der Waals surface area contributed by atoms with E-state index in [2.05, 4.69) is 16.9 Å². The van der Waals surface area contributed by atoms with E-state index in [0.29, 0.717) is 5.02 Å². The van der Waals surface area contributed by atoms with Crippen molar-refractivity contribution in [1.82, 2.24) is 10.9 Å². The van der Waals surface area contributed by atoms with E-state index in [9.17, 15) is 4.79 Å². The molecule has 0 atom stereocenters. The summed E-state index contributed by atoms with van der Waals surface area (Å²) >= 11 is 7.71. The number of hydrogen-bond acceptors (Lipinski definition) is 3. The second-order valence-electron chi connectivity index (χ2n) is 4.07. The van der Waals surface area contributed by atoms with E-state index in [-0.39, 0.29) is 12.3 Å². The third kappa shape index (κ3) is 4.67. The van der Waals surface area contributed by atoms with Crippen molar-refractivity contribution in [2.24, 2.45) is 0 Å². The van der Waals surface area contributed by atoms with Crippen molar-refractivity contribution >= 4 is 28.8 Å². The highest BCUT2D eigenvalue weighted by molar-refractivity contribution is 7.09. The number of amides is 1. The SMILES string of the molecule is O=C(Cc1ccccc1Cl)NNCCc1cccs1. The molecule has 0 saturated carbocycles. The number of rotatable bonds is 6. The molecule has 0 spiro atoms. The number of hydrazine groups is 1. The summed E-state index contributed by atoms with van der Waals surface area (Å²) in [6.07, 6.45) is 1.19. The number of carbonyl (C=O) groups is 1. The van der Waals surface area contributed by atoms with Crippen LogP contribution < -0.4 is 10.9 Å². The van der Waals surface area contributed by atoms with Crippen LogP contribution >= 0.6 is 22.9 Å². The Balaban J connectivity index is 1.69. The standard InChI is InChI=1S/C14H15ClN2OS/c15-13-6-2-1-4-11(13)10-14(18)17-16-8-7-12-5-3-9-19-12/h1-6,9,16H,7-8,10H2,(H,17,18). The van der Waals surface area contributed by atoms with Crippen LogP contribution in [0.2, 0.25) is 5.02 Å². The summed E-state index contributed by atoms with van der Waals surface area (Å²) < 4.78 is 0. The Morgan fingerprint density at radius 3 is 2.79 bits per heavy atom. The molecule has 0 fully saturated rings. The molecule has 100 valence electrons. The molecule has 0 aliphatic heterocycles. The van der Waals surface area contributed by atoms with Crippen LogP contribution in [0.15, 0.2) is 41.8 Å². The maximum atomic E-state index is 11.7. The van der Waals surface area contributed by atoms with Gasteiger partial charge in [0.05, 0.1) is 6.42 Å². The second kappa shape index (κ2) is 7.28. The average Bonchev–Trinajstić information content (AvgIpc) is 2.91. The van der Waals surface area contributed by atoms with Crippen molar-refractivity contribution in [3.63, 3.8) is 0 Å². The molecule has 0 bridgehead atoms. The minimum absolute atomic E-state index is 0.0840. The molecule has 2 rings (SSSR count). The highest BCUT2D eigenvalue weighted by Crippen LogP contribution is 2.15. The molecular weight excluding hydrogens is 280 g/mol. The Morgan fingerprint density at radius 1 is 1.21 bits per heavy atom. The molecule has 19 heavy (non-hydrogen) atoms. The van der Waals surface area contributed by atoms with E-state index in [4.69, 9.17) is 11.6 Å². The zero-order valence-electron chi connectivity index (χ0n) is 10.4. The summed E-state index contributed by atoms with van der Waals surface area (Å²) in [6, 6.07) is 11.5.